The minimum Gasteiger partial charge on any atom is -0.481 e. The quantitative estimate of drug-likeness (QED) is 0.631. The van der Waals surface area contributed by atoms with Crippen molar-refractivity contribution in [2.24, 2.45) is 23.7 Å². The van der Waals surface area contributed by atoms with Crippen molar-refractivity contribution in [1.29, 1.82) is 0 Å². The van der Waals surface area contributed by atoms with Gasteiger partial charge in [-0.1, -0.05) is 12.2 Å². The molecular formula is C12H13F3O4. The Hall–Kier alpha value is -1.53. The molecule has 2 aliphatic carbocycles. The summed E-state index contributed by atoms with van der Waals surface area (Å²) >= 11 is 0. The number of carbonyl (C=O) groups is 2. The second-order valence-corrected chi connectivity index (χ2v) is 4.87. The summed E-state index contributed by atoms with van der Waals surface area (Å²) in [6, 6.07) is 0. The summed E-state index contributed by atoms with van der Waals surface area (Å²) in [6.07, 6.45) is -1.55. The number of carbonyl (C=O) groups excluding carboxylic acids is 1. The maximum atomic E-state index is 11.9. The number of fused-ring (bicyclic) bond motifs is 2. The van der Waals surface area contributed by atoms with Crippen LogP contribution in [0.15, 0.2) is 12.2 Å². The van der Waals surface area contributed by atoms with E-state index in [0.29, 0.717) is 6.42 Å². The van der Waals surface area contributed by atoms with Crippen LogP contribution in [0.5, 0.6) is 0 Å². The highest BCUT2D eigenvalue weighted by Gasteiger charge is 2.52. The van der Waals surface area contributed by atoms with Gasteiger partial charge in [-0.2, -0.15) is 13.2 Å². The number of alkyl halides is 3. The molecule has 0 amide bonds. The van der Waals surface area contributed by atoms with Gasteiger partial charge < -0.3 is 9.84 Å². The Morgan fingerprint density at radius 2 is 1.79 bits per heavy atom. The molecule has 106 valence electrons. The summed E-state index contributed by atoms with van der Waals surface area (Å²) in [7, 11) is 0. The van der Waals surface area contributed by atoms with Gasteiger partial charge in [0.25, 0.3) is 0 Å². The van der Waals surface area contributed by atoms with Crippen molar-refractivity contribution in [2.75, 3.05) is 6.61 Å². The first-order valence-electron chi connectivity index (χ1n) is 5.94. The normalized spacial score (nSPS) is 32.6. The molecule has 2 bridgehead atoms. The molecule has 0 saturated heterocycles. The van der Waals surface area contributed by atoms with Crippen molar-refractivity contribution < 1.29 is 32.6 Å². The highest BCUT2D eigenvalue weighted by atomic mass is 19.4. The molecule has 0 aromatic carbocycles. The number of aliphatic carboxylic acids is 1. The SMILES string of the molecule is O=C(O)C1C2C=CC(C2)C1C(=O)OCCC(F)(F)F. The zero-order valence-electron chi connectivity index (χ0n) is 9.89. The summed E-state index contributed by atoms with van der Waals surface area (Å²) in [4.78, 5) is 22.9. The smallest absolute Gasteiger partial charge is 0.392 e. The topological polar surface area (TPSA) is 63.6 Å². The predicted molar refractivity (Wildman–Crippen MR) is 57.0 cm³/mol. The van der Waals surface area contributed by atoms with E-state index in [1.807, 2.05) is 0 Å². The third-order valence-corrected chi connectivity index (χ3v) is 3.65. The molecule has 1 N–H and O–H groups in total. The van der Waals surface area contributed by atoms with Crippen molar-refractivity contribution in [3.63, 3.8) is 0 Å². The molecule has 0 aromatic rings. The Morgan fingerprint density at radius 3 is 2.32 bits per heavy atom. The number of halogens is 3. The first-order valence-corrected chi connectivity index (χ1v) is 5.94. The molecule has 2 aliphatic rings. The van der Waals surface area contributed by atoms with Crippen LogP contribution in [-0.2, 0) is 14.3 Å². The van der Waals surface area contributed by atoms with Crippen LogP contribution in [0.25, 0.3) is 0 Å². The van der Waals surface area contributed by atoms with Crippen LogP contribution in [-0.4, -0.2) is 29.8 Å². The zero-order valence-corrected chi connectivity index (χ0v) is 9.89. The zero-order chi connectivity index (χ0) is 14.2. The van der Waals surface area contributed by atoms with E-state index in [1.54, 1.807) is 12.2 Å². The van der Waals surface area contributed by atoms with Crippen molar-refractivity contribution in [3.05, 3.63) is 12.2 Å². The van der Waals surface area contributed by atoms with Crippen LogP contribution < -0.4 is 0 Å². The second kappa shape index (κ2) is 4.86. The first-order chi connectivity index (χ1) is 8.79. The monoisotopic (exact) mass is 278 g/mol. The molecule has 19 heavy (non-hydrogen) atoms. The Labute approximate surface area is 107 Å². The fourth-order valence-corrected chi connectivity index (χ4v) is 2.84. The largest absolute Gasteiger partial charge is 0.481 e. The van der Waals surface area contributed by atoms with Gasteiger partial charge in [-0.3, -0.25) is 9.59 Å². The van der Waals surface area contributed by atoms with E-state index in [9.17, 15) is 22.8 Å². The number of hydrogen-bond donors (Lipinski definition) is 1. The Balaban J connectivity index is 1.95. The minimum absolute atomic E-state index is 0.220. The second-order valence-electron chi connectivity index (χ2n) is 4.87. The summed E-state index contributed by atoms with van der Waals surface area (Å²) < 4.78 is 40.4. The summed E-state index contributed by atoms with van der Waals surface area (Å²) in [5.74, 6) is -4.13. The molecule has 2 rings (SSSR count). The van der Waals surface area contributed by atoms with E-state index in [2.05, 4.69) is 4.74 Å². The number of carboxylic acids is 1. The van der Waals surface area contributed by atoms with Gasteiger partial charge in [0.15, 0.2) is 0 Å². The highest BCUT2D eigenvalue weighted by molar-refractivity contribution is 5.83. The van der Waals surface area contributed by atoms with E-state index in [1.165, 1.54) is 0 Å². The van der Waals surface area contributed by atoms with Gasteiger partial charge in [-0.15, -0.1) is 0 Å². The molecule has 7 heteroatoms. The van der Waals surface area contributed by atoms with E-state index in [4.69, 9.17) is 5.11 Å². The molecule has 4 atom stereocenters. The predicted octanol–water partition coefficient (Wildman–Crippen LogP) is 2.00. The fourth-order valence-electron chi connectivity index (χ4n) is 2.84. The van der Waals surface area contributed by atoms with Gasteiger partial charge in [0.05, 0.1) is 24.9 Å². The Kier molecular flexibility index (Phi) is 3.56. The van der Waals surface area contributed by atoms with E-state index >= 15 is 0 Å². The molecule has 0 radical (unpaired) electrons. The fraction of sp³-hybridized carbons (Fsp3) is 0.667. The van der Waals surface area contributed by atoms with Crippen molar-refractivity contribution >= 4 is 11.9 Å². The van der Waals surface area contributed by atoms with Crippen molar-refractivity contribution in [2.45, 2.75) is 19.0 Å². The maximum Gasteiger partial charge on any atom is 0.392 e. The molecule has 0 aromatic heterocycles. The van der Waals surface area contributed by atoms with Crippen LogP contribution in [0, 0.1) is 23.7 Å². The first kappa shape index (κ1) is 13.9. The molecule has 0 aliphatic heterocycles. The summed E-state index contributed by atoms with van der Waals surface area (Å²) in [5, 5.41) is 9.09. The molecular weight excluding hydrogens is 265 g/mol. The van der Waals surface area contributed by atoms with Gasteiger partial charge in [-0.25, -0.2) is 0 Å². The van der Waals surface area contributed by atoms with Crippen LogP contribution in [0.3, 0.4) is 0 Å². The standard InChI is InChI=1S/C12H13F3O4/c13-12(14,15)3-4-19-11(18)9-7-2-1-6(5-7)8(9)10(16)17/h1-2,6-9H,3-5H2,(H,16,17). The van der Waals surface area contributed by atoms with Crippen molar-refractivity contribution in [3.8, 4) is 0 Å². The number of hydrogen-bond acceptors (Lipinski definition) is 3. The lowest BCUT2D eigenvalue weighted by Crippen LogP contribution is -2.34. The molecule has 4 nitrogen and oxygen atoms in total. The molecule has 0 heterocycles. The molecule has 4 unspecified atom stereocenters. The lowest BCUT2D eigenvalue weighted by molar-refractivity contribution is -0.167. The van der Waals surface area contributed by atoms with Crippen molar-refractivity contribution in [1.82, 2.24) is 0 Å². The van der Waals surface area contributed by atoms with E-state index in [-0.39, 0.29) is 11.8 Å². The van der Waals surface area contributed by atoms with E-state index in [0.717, 1.165) is 0 Å². The number of carboxylic acid groups (broad SMARTS) is 1. The number of rotatable bonds is 4. The average molecular weight is 278 g/mol. The summed E-state index contributed by atoms with van der Waals surface area (Å²) in [5.41, 5.74) is 0. The Bertz CT molecular complexity index is 416. The third kappa shape index (κ3) is 2.90. The van der Waals surface area contributed by atoms with Crippen LogP contribution >= 0.6 is 0 Å². The van der Waals surface area contributed by atoms with Gasteiger partial charge in [-0.05, 0) is 18.3 Å². The molecule has 1 fully saturated rings. The Morgan fingerprint density at radius 1 is 1.21 bits per heavy atom. The van der Waals surface area contributed by atoms with Gasteiger partial charge >= 0.3 is 18.1 Å². The van der Waals surface area contributed by atoms with Gasteiger partial charge in [0.1, 0.15) is 0 Å². The third-order valence-electron chi connectivity index (χ3n) is 3.65. The highest BCUT2D eigenvalue weighted by Crippen LogP contribution is 2.48. The minimum atomic E-state index is -4.39. The molecule has 0 spiro atoms. The average Bonchev–Trinajstić information content (AvgIpc) is 2.85. The lowest BCUT2D eigenvalue weighted by Gasteiger charge is -2.23. The summed E-state index contributed by atoms with van der Waals surface area (Å²) in [6.45, 7) is -0.758. The van der Waals surface area contributed by atoms with Gasteiger partial charge in [0, 0.05) is 0 Å². The van der Waals surface area contributed by atoms with Gasteiger partial charge in [0.2, 0.25) is 0 Å². The molecule has 1 saturated carbocycles. The van der Waals surface area contributed by atoms with Crippen LogP contribution in [0.1, 0.15) is 12.8 Å². The number of ether oxygens (including phenoxy) is 1. The number of allylic oxidation sites excluding steroid dienone is 2. The lowest BCUT2D eigenvalue weighted by atomic mass is 9.83. The van der Waals surface area contributed by atoms with Crippen LogP contribution in [0.4, 0.5) is 13.2 Å². The maximum absolute atomic E-state index is 11.9. The van der Waals surface area contributed by atoms with E-state index < -0.39 is 43.0 Å². The van der Waals surface area contributed by atoms with Crippen LogP contribution in [0.2, 0.25) is 0 Å². The number of esters is 1.